The van der Waals surface area contributed by atoms with Crippen LogP contribution in [0.15, 0.2) is 33.6 Å². The van der Waals surface area contributed by atoms with Gasteiger partial charge in [-0.3, -0.25) is 0 Å². The second-order valence-corrected chi connectivity index (χ2v) is 5.39. The van der Waals surface area contributed by atoms with Crippen LogP contribution < -0.4 is 5.32 Å². The average Bonchev–Trinajstić information content (AvgIpc) is 3.17. The first-order chi connectivity index (χ1) is 9.92. The van der Waals surface area contributed by atoms with Crippen LogP contribution in [0.2, 0.25) is 0 Å². The summed E-state index contributed by atoms with van der Waals surface area (Å²) in [5, 5.41) is 9.31. The number of nitrogens with zero attached hydrogens (tertiary/aromatic N) is 3. The minimum Gasteiger partial charge on any atom is -0.334 e. The summed E-state index contributed by atoms with van der Waals surface area (Å²) in [6, 6.07) is 6.22. The summed E-state index contributed by atoms with van der Waals surface area (Å²) < 4.78 is 5.42. The highest BCUT2D eigenvalue weighted by molar-refractivity contribution is 7.07. The first-order valence-electron chi connectivity index (χ1n) is 6.46. The summed E-state index contributed by atoms with van der Waals surface area (Å²) in [5.41, 5.74) is 6.18. The van der Waals surface area contributed by atoms with Gasteiger partial charge in [0.1, 0.15) is 5.69 Å². The molecule has 0 aliphatic carbocycles. The molecule has 100 valence electrons. The summed E-state index contributed by atoms with van der Waals surface area (Å²) in [6.07, 6.45) is 0.986. The van der Waals surface area contributed by atoms with Gasteiger partial charge in [-0.15, -0.1) is 11.3 Å². The molecule has 0 amide bonds. The van der Waals surface area contributed by atoms with E-state index in [1.165, 1.54) is 22.5 Å². The van der Waals surface area contributed by atoms with E-state index in [0.29, 0.717) is 11.7 Å². The Bertz CT molecular complexity index is 735. The molecule has 4 rings (SSSR count). The molecule has 1 aliphatic rings. The summed E-state index contributed by atoms with van der Waals surface area (Å²) in [7, 11) is 0. The van der Waals surface area contributed by atoms with Crippen molar-refractivity contribution in [2.24, 2.45) is 0 Å². The van der Waals surface area contributed by atoms with Gasteiger partial charge in [-0.1, -0.05) is 17.3 Å². The number of benzene rings is 1. The molecular formula is C14H12N4OS. The molecule has 0 saturated carbocycles. The van der Waals surface area contributed by atoms with Crippen LogP contribution in [0, 0.1) is 0 Å². The van der Waals surface area contributed by atoms with Crippen LogP contribution in [0.3, 0.4) is 0 Å². The minimum absolute atomic E-state index is 0.549. The zero-order valence-electron chi connectivity index (χ0n) is 10.7. The Hall–Kier alpha value is -2.05. The zero-order valence-corrected chi connectivity index (χ0v) is 11.5. The average molecular weight is 284 g/mol. The van der Waals surface area contributed by atoms with E-state index in [9.17, 15) is 0 Å². The lowest BCUT2D eigenvalue weighted by molar-refractivity contribution is 0.431. The van der Waals surface area contributed by atoms with Crippen LogP contribution >= 0.6 is 11.3 Å². The van der Waals surface area contributed by atoms with E-state index in [0.717, 1.165) is 30.8 Å². The topological polar surface area (TPSA) is 63.8 Å². The number of fused-ring (bicyclic) bond motifs is 1. The number of aromatic nitrogens is 3. The van der Waals surface area contributed by atoms with Gasteiger partial charge in [-0.05, 0) is 30.2 Å². The highest BCUT2D eigenvalue weighted by Gasteiger charge is 2.18. The second kappa shape index (κ2) is 4.81. The lowest BCUT2D eigenvalue weighted by Gasteiger charge is -2.18. The van der Waals surface area contributed by atoms with Gasteiger partial charge in [-0.2, -0.15) is 4.98 Å². The summed E-state index contributed by atoms with van der Waals surface area (Å²) in [4.78, 5) is 8.68. The normalized spacial score (nSPS) is 14.2. The molecule has 0 fully saturated rings. The van der Waals surface area contributed by atoms with Crippen molar-refractivity contribution in [3.05, 3.63) is 40.2 Å². The third-order valence-electron chi connectivity index (χ3n) is 3.46. The van der Waals surface area contributed by atoms with Crippen molar-refractivity contribution < 1.29 is 4.52 Å². The van der Waals surface area contributed by atoms with E-state index in [-0.39, 0.29) is 0 Å². The number of rotatable bonds is 2. The van der Waals surface area contributed by atoms with Crippen molar-refractivity contribution in [1.82, 2.24) is 20.4 Å². The van der Waals surface area contributed by atoms with E-state index in [1.807, 2.05) is 17.5 Å². The Morgan fingerprint density at radius 2 is 2.30 bits per heavy atom. The first kappa shape index (κ1) is 11.7. The molecule has 6 heteroatoms. The third kappa shape index (κ3) is 1.93. The second-order valence-electron chi connectivity index (χ2n) is 4.67. The minimum atomic E-state index is 0.549. The highest BCUT2D eigenvalue weighted by atomic mass is 32.1. The van der Waals surface area contributed by atoms with Crippen molar-refractivity contribution in [1.29, 1.82) is 0 Å². The standard InChI is InChI=1S/C14H12N4OS/c1-2-9-6-15-5-4-10(9)11(3-1)14-17-13(18-19-14)12-7-20-8-16-12/h1-3,7-8,15H,4-6H2. The van der Waals surface area contributed by atoms with Gasteiger partial charge in [0.2, 0.25) is 5.82 Å². The SMILES string of the molecule is c1cc2c(c(-c3nc(-c4cscn4)no3)c1)CCNC2. The summed E-state index contributed by atoms with van der Waals surface area (Å²) in [5.74, 6) is 1.12. The maximum absolute atomic E-state index is 5.42. The zero-order chi connectivity index (χ0) is 13.4. The van der Waals surface area contributed by atoms with Crippen molar-refractivity contribution in [2.45, 2.75) is 13.0 Å². The molecule has 0 unspecified atom stereocenters. The maximum atomic E-state index is 5.42. The van der Waals surface area contributed by atoms with Gasteiger partial charge in [0.05, 0.1) is 5.51 Å². The number of hydrogen-bond donors (Lipinski definition) is 1. The van der Waals surface area contributed by atoms with Gasteiger partial charge in [-0.25, -0.2) is 4.98 Å². The van der Waals surface area contributed by atoms with Crippen LogP contribution in [0.1, 0.15) is 11.1 Å². The fourth-order valence-corrected chi connectivity index (χ4v) is 3.02. The van der Waals surface area contributed by atoms with E-state index in [1.54, 1.807) is 5.51 Å². The van der Waals surface area contributed by atoms with Crippen molar-refractivity contribution in [2.75, 3.05) is 6.54 Å². The van der Waals surface area contributed by atoms with E-state index in [2.05, 4.69) is 26.5 Å². The molecule has 0 bridgehead atoms. The van der Waals surface area contributed by atoms with Gasteiger partial charge in [0.25, 0.3) is 5.89 Å². The monoisotopic (exact) mass is 284 g/mol. The van der Waals surface area contributed by atoms with Gasteiger partial charge >= 0.3 is 0 Å². The smallest absolute Gasteiger partial charge is 0.258 e. The quantitative estimate of drug-likeness (QED) is 0.783. The fourth-order valence-electron chi connectivity index (χ4n) is 2.49. The number of thiazole rings is 1. The fraction of sp³-hybridized carbons (Fsp3) is 0.214. The molecule has 0 atom stereocenters. The molecule has 1 N–H and O–H groups in total. The first-order valence-corrected chi connectivity index (χ1v) is 7.40. The highest BCUT2D eigenvalue weighted by Crippen LogP contribution is 2.28. The molecule has 5 nitrogen and oxygen atoms in total. The predicted octanol–water partition coefficient (Wildman–Crippen LogP) is 2.51. The lowest BCUT2D eigenvalue weighted by atomic mass is 9.95. The molecular weight excluding hydrogens is 272 g/mol. The number of nitrogens with one attached hydrogen (secondary N) is 1. The lowest BCUT2D eigenvalue weighted by Crippen LogP contribution is -2.24. The predicted molar refractivity (Wildman–Crippen MR) is 76.3 cm³/mol. The molecule has 0 spiro atoms. The van der Waals surface area contributed by atoms with Crippen LogP contribution in [0.5, 0.6) is 0 Å². The van der Waals surface area contributed by atoms with E-state index in [4.69, 9.17) is 4.52 Å². The molecule has 3 aromatic rings. The largest absolute Gasteiger partial charge is 0.334 e. The molecule has 0 saturated heterocycles. The van der Waals surface area contributed by atoms with E-state index < -0.39 is 0 Å². The maximum Gasteiger partial charge on any atom is 0.258 e. The molecule has 20 heavy (non-hydrogen) atoms. The van der Waals surface area contributed by atoms with Crippen molar-refractivity contribution >= 4 is 11.3 Å². The Balaban J connectivity index is 1.78. The van der Waals surface area contributed by atoms with Gasteiger partial charge in [0, 0.05) is 17.5 Å². The Morgan fingerprint density at radius 3 is 3.20 bits per heavy atom. The van der Waals surface area contributed by atoms with E-state index >= 15 is 0 Å². The van der Waals surface area contributed by atoms with Crippen LogP contribution in [-0.2, 0) is 13.0 Å². The molecule has 1 aliphatic heterocycles. The summed E-state index contributed by atoms with van der Waals surface area (Å²) in [6.45, 7) is 1.88. The Kier molecular flexibility index (Phi) is 2.82. The van der Waals surface area contributed by atoms with Gasteiger partial charge < -0.3 is 9.84 Å². The molecule has 1 aromatic carbocycles. The molecule has 2 aromatic heterocycles. The van der Waals surface area contributed by atoms with Gasteiger partial charge in [0.15, 0.2) is 0 Å². The summed E-state index contributed by atoms with van der Waals surface area (Å²) >= 11 is 1.52. The Labute approximate surface area is 119 Å². The van der Waals surface area contributed by atoms with Crippen molar-refractivity contribution in [3.63, 3.8) is 0 Å². The van der Waals surface area contributed by atoms with Crippen molar-refractivity contribution in [3.8, 4) is 23.0 Å². The Morgan fingerprint density at radius 1 is 1.30 bits per heavy atom. The molecule has 0 radical (unpaired) electrons. The number of hydrogen-bond acceptors (Lipinski definition) is 6. The van der Waals surface area contributed by atoms with Crippen LogP contribution in [0.4, 0.5) is 0 Å². The third-order valence-corrected chi connectivity index (χ3v) is 4.04. The molecule has 3 heterocycles. The van der Waals surface area contributed by atoms with Crippen LogP contribution in [0.25, 0.3) is 23.0 Å². The van der Waals surface area contributed by atoms with Crippen LogP contribution in [-0.4, -0.2) is 21.7 Å².